The summed E-state index contributed by atoms with van der Waals surface area (Å²) >= 11 is 0. The van der Waals surface area contributed by atoms with Crippen LogP contribution in [0.1, 0.15) is 64.0 Å². The highest BCUT2D eigenvalue weighted by Crippen LogP contribution is 2.30. The molecule has 0 spiro atoms. The third-order valence-corrected chi connectivity index (χ3v) is 5.94. The average molecular weight is 394 g/mol. The summed E-state index contributed by atoms with van der Waals surface area (Å²) in [5, 5.41) is 2.40. The molecule has 0 N–H and O–H groups in total. The van der Waals surface area contributed by atoms with E-state index >= 15 is 0 Å². The summed E-state index contributed by atoms with van der Waals surface area (Å²) < 4.78 is 5.95. The Morgan fingerprint density at radius 1 is 1.21 bits per heavy atom. The highest BCUT2D eigenvalue weighted by molar-refractivity contribution is 5.88. The van der Waals surface area contributed by atoms with Gasteiger partial charge in [-0.1, -0.05) is 69.3 Å². The van der Waals surface area contributed by atoms with E-state index in [0.717, 1.165) is 37.1 Å². The molecular formula is C26H35NO2. The molecule has 0 bridgehead atoms. The second-order valence-corrected chi connectivity index (χ2v) is 9.65. The van der Waals surface area contributed by atoms with Crippen molar-refractivity contribution in [3.63, 3.8) is 0 Å². The number of fused-ring (bicyclic) bond motifs is 1. The lowest BCUT2D eigenvalue weighted by atomic mass is 9.93. The molecule has 3 heteroatoms. The normalized spacial score (nSPS) is 18.1. The predicted octanol–water partition coefficient (Wildman–Crippen LogP) is 6.21. The van der Waals surface area contributed by atoms with Crippen molar-refractivity contribution in [2.75, 3.05) is 13.2 Å². The molecular weight excluding hydrogens is 358 g/mol. The molecule has 3 nitrogen and oxygen atoms in total. The van der Waals surface area contributed by atoms with Crippen molar-refractivity contribution in [2.45, 2.75) is 65.8 Å². The lowest BCUT2D eigenvalue weighted by Gasteiger charge is -2.29. The van der Waals surface area contributed by atoms with Crippen molar-refractivity contribution in [3.05, 3.63) is 59.9 Å². The Labute approximate surface area is 175 Å². The van der Waals surface area contributed by atoms with Crippen LogP contribution >= 0.6 is 0 Å². The van der Waals surface area contributed by atoms with Crippen LogP contribution < -0.4 is 0 Å². The molecule has 29 heavy (non-hydrogen) atoms. The summed E-state index contributed by atoms with van der Waals surface area (Å²) in [6.45, 7) is 16.3. The second-order valence-electron chi connectivity index (χ2n) is 9.65. The molecule has 1 aliphatic rings. The number of carbonyl (C=O) groups is 1. The van der Waals surface area contributed by atoms with Crippen molar-refractivity contribution < 1.29 is 9.53 Å². The van der Waals surface area contributed by atoms with Crippen molar-refractivity contribution in [3.8, 4) is 0 Å². The van der Waals surface area contributed by atoms with Crippen LogP contribution in [0.3, 0.4) is 0 Å². The zero-order valence-electron chi connectivity index (χ0n) is 18.6. The molecule has 1 fully saturated rings. The van der Waals surface area contributed by atoms with Gasteiger partial charge in [0.25, 0.3) is 0 Å². The smallest absolute Gasteiger partial charge is 0.230 e. The molecule has 2 aromatic carbocycles. The van der Waals surface area contributed by atoms with Crippen LogP contribution in [-0.2, 0) is 9.53 Å². The molecule has 0 aromatic heterocycles. The van der Waals surface area contributed by atoms with Crippen LogP contribution in [0.25, 0.3) is 10.8 Å². The highest BCUT2D eigenvalue weighted by atomic mass is 16.5. The summed E-state index contributed by atoms with van der Waals surface area (Å²) in [5.74, 6) is 0.726. The summed E-state index contributed by atoms with van der Waals surface area (Å²) in [6.07, 6.45) is 2.91. The first kappa shape index (κ1) is 21.4. The van der Waals surface area contributed by atoms with Crippen LogP contribution in [0.2, 0.25) is 0 Å². The van der Waals surface area contributed by atoms with Gasteiger partial charge in [0.15, 0.2) is 0 Å². The Kier molecular flexibility index (Phi) is 6.36. The van der Waals surface area contributed by atoms with E-state index in [1.807, 2.05) is 11.8 Å². The number of rotatable bonds is 6. The van der Waals surface area contributed by atoms with Crippen molar-refractivity contribution >= 4 is 16.7 Å². The van der Waals surface area contributed by atoms with Gasteiger partial charge in [-0.15, -0.1) is 0 Å². The number of hydrogen-bond acceptors (Lipinski definition) is 2. The lowest BCUT2D eigenvalue weighted by Crippen LogP contribution is -2.39. The topological polar surface area (TPSA) is 29.5 Å². The molecule has 1 aliphatic heterocycles. The number of aryl methyl sites for hydroxylation is 1. The summed E-state index contributed by atoms with van der Waals surface area (Å²) in [6, 6.07) is 12.8. The van der Waals surface area contributed by atoms with Gasteiger partial charge < -0.3 is 9.64 Å². The van der Waals surface area contributed by atoms with Crippen LogP contribution in [0.5, 0.6) is 0 Å². The van der Waals surface area contributed by atoms with Gasteiger partial charge in [-0.25, -0.2) is 0 Å². The fourth-order valence-electron chi connectivity index (χ4n) is 3.99. The number of benzene rings is 2. The van der Waals surface area contributed by atoms with Gasteiger partial charge in [0.05, 0.1) is 18.6 Å². The van der Waals surface area contributed by atoms with Gasteiger partial charge in [-0.05, 0) is 54.9 Å². The maximum atomic E-state index is 13.3. The summed E-state index contributed by atoms with van der Waals surface area (Å²) in [5.41, 5.74) is 2.55. The molecule has 0 saturated carbocycles. The minimum absolute atomic E-state index is 0.00646. The second kappa shape index (κ2) is 8.61. The molecule has 0 aliphatic carbocycles. The SMILES string of the molecule is C=C(OCCC(C)(C)C)C1CCCN1C(=O)[C@@H](C)c1ccc2cc(C)ccc2c1. The number of ether oxygens (including phenoxy) is 1. The number of hydrogen-bond donors (Lipinski definition) is 0. The van der Waals surface area contributed by atoms with E-state index in [-0.39, 0.29) is 23.3 Å². The van der Waals surface area contributed by atoms with Gasteiger partial charge in [0.2, 0.25) is 5.91 Å². The van der Waals surface area contributed by atoms with Crippen LogP contribution in [0.15, 0.2) is 48.7 Å². The van der Waals surface area contributed by atoms with E-state index in [1.165, 1.54) is 16.3 Å². The molecule has 1 heterocycles. The zero-order chi connectivity index (χ0) is 21.2. The Morgan fingerprint density at radius 3 is 2.62 bits per heavy atom. The van der Waals surface area contributed by atoms with E-state index in [1.54, 1.807) is 0 Å². The van der Waals surface area contributed by atoms with E-state index < -0.39 is 0 Å². The van der Waals surface area contributed by atoms with E-state index in [4.69, 9.17) is 4.74 Å². The average Bonchev–Trinajstić information content (AvgIpc) is 3.15. The minimum atomic E-state index is -0.177. The Hall–Kier alpha value is -2.29. The largest absolute Gasteiger partial charge is 0.496 e. The standard InChI is InChI=1S/C26H35NO2/c1-18-9-10-23-17-21(11-12-22(23)16-18)19(2)25(28)27-14-7-8-24(27)20(3)29-15-13-26(4,5)6/h9-12,16-17,19,24H,3,7-8,13-15H2,1-2,4-6H3/t19-,24?/m0/s1. The summed E-state index contributed by atoms with van der Waals surface area (Å²) in [7, 11) is 0. The van der Waals surface area contributed by atoms with E-state index in [0.29, 0.717) is 6.61 Å². The monoisotopic (exact) mass is 393 g/mol. The molecule has 3 rings (SSSR count). The van der Waals surface area contributed by atoms with Crippen molar-refractivity contribution in [2.24, 2.45) is 5.41 Å². The maximum Gasteiger partial charge on any atom is 0.230 e. The van der Waals surface area contributed by atoms with Gasteiger partial charge in [-0.3, -0.25) is 4.79 Å². The van der Waals surface area contributed by atoms with Gasteiger partial charge in [0, 0.05) is 6.54 Å². The first-order valence-corrected chi connectivity index (χ1v) is 10.8. The number of carbonyl (C=O) groups excluding carboxylic acids is 1. The van der Waals surface area contributed by atoms with E-state index in [2.05, 4.69) is 70.7 Å². The summed E-state index contributed by atoms with van der Waals surface area (Å²) in [4.78, 5) is 15.3. The molecule has 1 amide bonds. The molecule has 1 saturated heterocycles. The van der Waals surface area contributed by atoms with Gasteiger partial charge in [0.1, 0.15) is 5.76 Å². The quantitative estimate of drug-likeness (QED) is 0.546. The minimum Gasteiger partial charge on any atom is -0.496 e. The van der Waals surface area contributed by atoms with Crippen LogP contribution in [0.4, 0.5) is 0 Å². The van der Waals surface area contributed by atoms with Crippen LogP contribution in [0, 0.1) is 12.3 Å². The van der Waals surface area contributed by atoms with Gasteiger partial charge in [-0.2, -0.15) is 0 Å². The fourth-order valence-corrected chi connectivity index (χ4v) is 3.99. The Balaban J connectivity index is 1.69. The fraction of sp³-hybridized carbons (Fsp3) is 0.500. The molecule has 2 atom stereocenters. The number of amides is 1. The number of nitrogens with zero attached hydrogens (tertiary/aromatic N) is 1. The first-order valence-electron chi connectivity index (χ1n) is 10.8. The Bertz CT molecular complexity index is 893. The highest BCUT2D eigenvalue weighted by Gasteiger charge is 2.34. The third kappa shape index (κ3) is 5.20. The molecule has 2 aromatic rings. The maximum absolute atomic E-state index is 13.3. The predicted molar refractivity (Wildman–Crippen MR) is 121 cm³/mol. The van der Waals surface area contributed by atoms with Crippen LogP contribution in [-0.4, -0.2) is 30.0 Å². The molecule has 0 radical (unpaired) electrons. The third-order valence-electron chi connectivity index (χ3n) is 5.94. The Morgan fingerprint density at radius 2 is 1.90 bits per heavy atom. The van der Waals surface area contributed by atoms with Crippen molar-refractivity contribution in [1.82, 2.24) is 4.90 Å². The van der Waals surface area contributed by atoms with E-state index in [9.17, 15) is 4.79 Å². The zero-order valence-corrected chi connectivity index (χ0v) is 18.6. The number of likely N-dealkylation sites (tertiary alicyclic amines) is 1. The first-order chi connectivity index (χ1) is 13.7. The van der Waals surface area contributed by atoms with Crippen molar-refractivity contribution in [1.29, 1.82) is 0 Å². The molecule has 1 unspecified atom stereocenters. The lowest BCUT2D eigenvalue weighted by molar-refractivity contribution is -0.133. The van der Waals surface area contributed by atoms with Gasteiger partial charge >= 0.3 is 0 Å². The molecule has 156 valence electrons.